The van der Waals surface area contributed by atoms with Crippen molar-refractivity contribution in [2.24, 2.45) is 11.8 Å². The summed E-state index contributed by atoms with van der Waals surface area (Å²) in [4.78, 5) is 34.7. The molecule has 1 aliphatic rings. The molecule has 3 N–H and O–H groups in total. The number of aliphatic carboxylic acids is 1. The van der Waals surface area contributed by atoms with Gasteiger partial charge in [0.15, 0.2) is 0 Å². The summed E-state index contributed by atoms with van der Waals surface area (Å²) >= 11 is 0. The molecule has 6 nitrogen and oxygen atoms in total. The summed E-state index contributed by atoms with van der Waals surface area (Å²) in [5, 5.41) is 14.3. The molecular weight excluding hydrogens is 315 g/mol. The van der Waals surface area contributed by atoms with Crippen molar-refractivity contribution in [2.45, 2.75) is 25.7 Å². The lowest BCUT2D eigenvalue weighted by Gasteiger charge is -2.25. The van der Waals surface area contributed by atoms with Crippen molar-refractivity contribution in [1.29, 1.82) is 0 Å². The van der Waals surface area contributed by atoms with Crippen molar-refractivity contribution in [3.8, 4) is 0 Å². The maximum Gasteiger partial charge on any atom is 0.306 e. The van der Waals surface area contributed by atoms with Crippen LogP contribution < -0.4 is 10.6 Å². The highest BCUT2D eigenvalue weighted by molar-refractivity contribution is 5.94. The first-order chi connectivity index (χ1) is 11.5. The van der Waals surface area contributed by atoms with Gasteiger partial charge in [-0.25, -0.2) is 4.39 Å². The summed E-state index contributed by atoms with van der Waals surface area (Å²) in [6, 6.07) is 5.21. The Morgan fingerprint density at radius 3 is 2.08 bits per heavy atom. The van der Waals surface area contributed by atoms with Crippen LogP contribution in [0.5, 0.6) is 0 Å². The molecule has 1 saturated carbocycles. The van der Waals surface area contributed by atoms with E-state index in [4.69, 9.17) is 5.11 Å². The predicted molar refractivity (Wildman–Crippen MR) is 84.8 cm³/mol. The highest BCUT2D eigenvalue weighted by atomic mass is 19.1. The van der Waals surface area contributed by atoms with Crippen LogP contribution in [-0.2, 0) is 9.59 Å². The maximum absolute atomic E-state index is 12.8. The van der Waals surface area contributed by atoms with E-state index in [1.807, 2.05) is 0 Å². The van der Waals surface area contributed by atoms with Crippen LogP contribution in [0.15, 0.2) is 24.3 Å². The van der Waals surface area contributed by atoms with Gasteiger partial charge in [-0.3, -0.25) is 14.4 Å². The third-order valence-electron chi connectivity index (χ3n) is 4.26. The second-order valence-electron chi connectivity index (χ2n) is 5.94. The summed E-state index contributed by atoms with van der Waals surface area (Å²) in [5.41, 5.74) is 0.356. The maximum atomic E-state index is 12.8. The second-order valence-corrected chi connectivity index (χ2v) is 5.94. The van der Waals surface area contributed by atoms with Gasteiger partial charge in [-0.1, -0.05) is 0 Å². The van der Waals surface area contributed by atoms with Crippen molar-refractivity contribution >= 4 is 17.8 Å². The highest BCUT2D eigenvalue weighted by Gasteiger charge is 2.29. The summed E-state index contributed by atoms with van der Waals surface area (Å²) in [5.74, 6) is -2.13. The fourth-order valence-corrected chi connectivity index (χ4v) is 2.81. The molecule has 24 heavy (non-hydrogen) atoms. The minimum Gasteiger partial charge on any atom is -0.481 e. The van der Waals surface area contributed by atoms with Crippen molar-refractivity contribution in [1.82, 2.24) is 10.6 Å². The molecule has 0 aliphatic heterocycles. The minimum atomic E-state index is -0.794. The van der Waals surface area contributed by atoms with E-state index in [2.05, 4.69) is 10.6 Å². The van der Waals surface area contributed by atoms with E-state index in [1.165, 1.54) is 24.3 Å². The summed E-state index contributed by atoms with van der Waals surface area (Å²) in [7, 11) is 0. The average molecular weight is 336 g/mol. The standard InChI is InChI=1S/C17H21FN2O4/c18-14-7-5-12(6-8-14)16(22)20-10-9-19-15(21)11-1-3-13(4-2-11)17(23)24/h5-8,11,13H,1-4,9-10H2,(H,19,21)(H,20,22)(H,23,24). The first kappa shape index (κ1) is 17.9. The number of carboxylic acids is 1. The molecule has 1 aromatic rings. The van der Waals surface area contributed by atoms with E-state index in [1.54, 1.807) is 0 Å². The van der Waals surface area contributed by atoms with Crippen LogP contribution in [0.2, 0.25) is 0 Å². The largest absolute Gasteiger partial charge is 0.481 e. The number of rotatable bonds is 6. The molecule has 1 aromatic carbocycles. The monoisotopic (exact) mass is 336 g/mol. The van der Waals surface area contributed by atoms with Crippen molar-refractivity contribution < 1.29 is 23.9 Å². The van der Waals surface area contributed by atoms with Gasteiger partial charge in [0.05, 0.1) is 5.92 Å². The van der Waals surface area contributed by atoms with E-state index in [0.29, 0.717) is 37.8 Å². The molecule has 0 radical (unpaired) electrons. The number of amides is 2. The van der Waals surface area contributed by atoms with Gasteiger partial charge < -0.3 is 15.7 Å². The number of carbonyl (C=O) groups excluding carboxylic acids is 2. The fraction of sp³-hybridized carbons (Fsp3) is 0.471. The van der Waals surface area contributed by atoms with Crippen LogP contribution in [0.4, 0.5) is 4.39 Å². The molecular formula is C17H21FN2O4. The van der Waals surface area contributed by atoms with Gasteiger partial charge in [0.25, 0.3) is 5.91 Å². The van der Waals surface area contributed by atoms with Crippen LogP contribution >= 0.6 is 0 Å². The van der Waals surface area contributed by atoms with Crippen molar-refractivity contribution in [3.63, 3.8) is 0 Å². The zero-order valence-corrected chi connectivity index (χ0v) is 13.3. The van der Waals surface area contributed by atoms with E-state index in [-0.39, 0.29) is 30.2 Å². The summed E-state index contributed by atoms with van der Waals surface area (Å²) < 4.78 is 12.8. The first-order valence-electron chi connectivity index (χ1n) is 8.01. The molecule has 2 rings (SSSR count). The number of carboxylic acid groups (broad SMARTS) is 1. The predicted octanol–water partition coefficient (Wildman–Crippen LogP) is 1.56. The summed E-state index contributed by atoms with van der Waals surface area (Å²) in [6.07, 6.45) is 2.19. The molecule has 0 spiro atoms. The lowest BCUT2D eigenvalue weighted by molar-refractivity contribution is -0.144. The van der Waals surface area contributed by atoms with E-state index in [9.17, 15) is 18.8 Å². The molecule has 0 heterocycles. The Morgan fingerprint density at radius 2 is 1.50 bits per heavy atom. The zero-order chi connectivity index (χ0) is 17.5. The molecule has 1 aliphatic carbocycles. The Labute approximate surface area is 139 Å². The lowest BCUT2D eigenvalue weighted by Crippen LogP contribution is -2.39. The minimum absolute atomic E-state index is 0.102. The van der Waals surface area contributed by atoms with E-state index in [0.717, 1.165) is 0 Å². The Balaban J connectivity index is 1.65. The van der Waals surface area contributed by atoms with Crippen molar-refractivity contribution in [2.75, 3.05) is 13.1 Å². The normalized spacial score (nSPS) is 20.2. The quantitative estimate of drug-likeness (QED) is 0.687. The van der Waals surface area contributed by atoms with Crippen molar-refractivity contribution in [3.05, 3.63) is 35.6 Å². The SMILES string of the molecule is O=C(NCCNC(=O)C1CCC(C(=O)O)CC1)c1ccc(F)cc1. The molecule has 0 bridgehead atoms. The van der Waals surface area contributed by atoms with Gasteiger partial charge in [-0.05, 0) is 49.9 Å². The Bertz CT molecular complexity index is 595. The van der Waals surface area contributed by atoms with Crippen LogP contribution in [0, 0.1) is 17.7 Å². The summed E-state index contributed by atoms with van der Waals surface area (Å²) in [6.45, 7) is 0.567. The van der Waals surface area contributed by atoms with Crippen LogP contribution in [0.25, 0.3) is 0 Å². The smallest absolute Gasteiger partial charge is 0.306 e. The van der Waals surface area contributed by atoms with E-state index >= 15 is 0 Å². The number of nitrogens with one attached hydrogen (secondary N) is 2. The number of benzene rings is 1. The first-order valence-corrected chi connectivity index (χ1v) is 8.01. The molecule has 1 fully saturated rings. The third-order valence-corrected chi connectivity index (χ3v) is 4.26. The van der Waals surface area contributed by atoms with Gasteiger partial charge >= 0.3 is 5.97 Å². The molecule has 0 atom stereocenters. The average Bonchev–Trinajstić information content (AvgIpc) is 2.59. The van der Waals surface area contributed by atoms with Gasteiger partial charge in [0.2, 0.25) is 5.91 Å². The molecule has 0 saturated heterocycles. The third kappa shape index (κ3) is 5.04. The number of halogens is 1. The molecule has 2 amide bonds. The van der Waals surface area contributed by atoms with Crippen LogP contribution in [0.1, 0.15) is 36.0 Å². The Morgan fingerprint density at radius 1 is 0.958 bits per heavy atom. The topological polar surface area (TPSA) is 95.5 Å². The second kappa shape index (κ2) is 8.42. The van der Waals surface area contributed by atoms with Gasteiger partial charge in [-0.15, -0.1) is 0 Å². The van der Waals surface area contributed by atoms with Gasteiger partial charge in [-0.2, -0.15) is 0 Å². The lowest BCUT2D eigenvalue weighted by atomic mass is 9.81. The molecule has 0 unspecified atom stereocenters. The molecule has 7 heteroatoms. The highest BCUT2D eigenvalue weighted by Crippen LogP contribution is 2.28. The number of carbonyl (C=O) groups is 3. The Kier molecular flexibility index (Phi) is 6.28. The van der Waals surface area contributed by atoms with Gasteiger partial charge in [0.1, 0.15) is 5.82 Å². The van der Waals surface area contributed by atoms with Crippen LogP contribution in [0.3, 0.4) is 0 Å². The molecule has 0 aromatic heterocycles. The van der Waals surface area contributed by atoms with Gasteiger partial charge in [0, 0.05) is 24.6 Å². The fourth-order valence-electron chi connectivity index (χ4n) is 2.81. The Hall–Kier alpha value is -2.44. The molecule has 130 valence electrons. The zero-order valence-electron chi connectivity index (χ0n) is 13.3. The number of hydrogen-bond acceptors (Lipinski definition) is 3. The number of hydrogen-bond donors (Lipinski definition) is 3. The van der Waals surface area contributed by atoms with Crippen LogP contribution in [-0.4, -0.2) is 36.0 Å². The van der Waals surface area contributed by atoms with E-state index < -0.39 is 11.8 Å².